The second-order valence-electron chi connectivity index (χ2n) is 7.16. The van der Waals surface area contributed by atoms with Gasteiger partial charge in [-0.15, -0.1) is 0 Å². The summed E-state index contributed by atoms with van der Waals surface area (Å²) >= 11 is 0. The molecule has 0 saturated heterocycles. The van der Waals surface area contributed by atoms with Gasteiger partial charge in [-0.25, -0.2) is 10.2 Å². The predicted octanol–water partition coefficient (Wildman–Crippen LogP) is 4.60. The molecule has 2 heterocycles. The van der Waals surface area contributed by atoms with E-state index in [1.165, 1.54) is 42.7 Å². The molecular weight excluding hydrogens is 452 g/mol. The summed E-state index contributed by atoms with van der Waals surface area (Å²) in [6.07, 6.45) is 3.24. The molecule has 0 bridgehead atoms. The molecule has 4 N–H and O–H groups in total. The largest absolute Gasteiger partial charge is 0.416 e. The van der Waals surface area contributed by atoms with E-state index in [1.54, 1.807) is 18.2 Å². The number of rotatable bonds is 5. The Kier molecular flexibility index (Phi) is 6.28. The van der Waals surface area contributed by atoms with Crippen LogP contribution in [0.3, 0.4) is 0 Å². The monoisotopic (exact) mass is 470 g/mol. The molecule has 0 amide bonds. The molecule has 174 valence electrons. The summed E-state index contributed by atoms with van der Waals surface area (Å²) in [5.74, 6) is 5.59. The number of hydrazine groups is 1. The summed E-state index contributed by atoms with van der Waals surface area (Å²) in [5, 5.41) is 4.91. The number of halogens is 4. The number of pyridine rings is 1. The van der Waals surface area contributed by atoms with Gasteiger partial charge in [-0.05, 0) is 36.8 Å². The summed E-state index contributed by atoms with van der Waals surface area (Å²) in [6, 6.07) is 9.07. The van der Waals surface area contributed by atoms with Crippen molar-refractivity contribution in [2.45, 2.75) is 12.6 Å². The lowest BCUT2D eigenvalue weighted by atomic mass is 10.1. The molecule has 1 aliphatic carbocycles. The van der Waals surface area contributed by atoms with Crippen molar-refractivity contribution in [1.82, 2.24) is 15.1 Å². The lowest BCUT2D eigenvalue weighted by molar-refractivity contribution is -0.0881. The molecule has 0 atom stereocenters. The fourth-order valence-corrected chi connectivity index (χ4v) is 3.25. The highest BCUT2D eigenvalue weighted by molar-refractivity contribution is 5.93. The van der Waals surface area contributed by atoms with Crippen molar-refractivity contribution < 1.29 is 22.1 Å². The Balaban J connectivity index is 1.76. The minimum atomic E-state index is -4.48. The van der Waals surface area contributed by atoms with Crippen molar-refractivity contribution in [3.63, 3.8) is 0 Å². The standard InChI is InChI=1S/C23H18F4N6O/c24-17-6-1-2-7-18(17)33(29)20(14-10-12-30-13-11-14)19(28)22-31-21(32-34-22)15-4-3-5-16(9-8-15)23(25,26)27/h1-3,5-13H,4,28-29H2/b20-19-. The van der Waals surface area contributed by atoms with Crippen LogP contribution < -0.4 is 16.6 Å². The third-order valence-corrected chi connectivity index (χ3v) is 4.93. The normalized spacial score (nSPS) is 14.7. The molecule has 11 heteroatoms. The van der Waals surface area contributed by atoms with Gasteiger partial charge in [0.05, 0.1) is 17.0 Å². The van der Waals surface area contributed by atoms with E-state index in [0.717, 1.165) is 17.2 Å². The Hall–Kier alpha value is -4.25. The zero-order valence-corrected chi connectivity index (χ0v) is 17.5. The first kappa shape index (κ1) is 22.9. The maximum atomic E-state index is 14.4. The lowest BCUT2D eigenvalue weighted by Gasteiger charge is -2.23. The highest BCUT2D eigenvalue weighted by Crippen LogP contribution is 2.32. The van der Waals surface area contributed by atoms with Crippen LogP contribution >= 0.6 is 0 Å². The molecule has 1 aliphatic rings. The number of para-hydroxylation sites is 1. The third kappa shape index (κ3) is 4.74. The Morgan fingerprint density at radius 1 is 1.06 bits per heavy atom. The van der Waals surface area contributed by atoms with E-state index in [-0.39, 0.29) is 35.2 Å². The smallest absolute Gasteiger partial charge is 0.392 e. The highest BCUT2D eigenvalue weighted by atomic mass is 19.4. The molecule has 2 aromatic heterocycles. The summed E-state index contributed by atoms with van der Waals surface area (Å²) in [4.78, 5) is 8.20. The van der Waals surface area contributed by atoms with Gasteiger partial charge >= 0.3 is 6.18 Å². The van der Waals surface area contributed by atoms with Gasteiger partial charge in [0.1, 0.15) is 11.5 Å². The van der Waals surface area contributed by atoms with E-state index in [4.69, 9.17) is 16.1 Å². The van der Waals surface area contributed by atoms with Crippen molar-refractivity contribution in [1.29, 1.82) is 0 Å². The van der Waals surface area contributed by atoms with Crippen LogP contribution in [0.2, 0.25) is 0 Å². The Morgan fingerprint density at radius 3 is 2.50 bits per heavy atom. The number of nitrogens with two attached hydrogens (primary N) is 2. The number of allylic oxidation sites excluding steroid dienone is 6. The quantitative estimate of drug-likeness (QED) is 0.319. The average Bonchev–Trinajstić information content (AvgIpc) is 3.16. The lowest BCUT2D eigenvalue weighted by Crippen LogP contribution is -2.32. The molecule has 7 nitrogen and oxygen atoms in total. The first-order valence-electron chi connectivity index (χ1n) is 9.94. The van der Waals surface area contributed by atoms with Crippen LogP contribution in [0.15, 0.2) is 83.2 Å². The third-order valence-electron chi connectivity index (χ3n) is 4.93. The van der Waals surface area contributed by atoms with E-state index < -0.39 is 17.6 Å². The molecule has 0 unspecified atom stereocenters. The second kappa shape index (κ2) is 9.32. The molecule has 0 aliphatic heterocycles. The zero-order chi connectivity index (χ0) is 24.3. The molecule has 3 aromatic rings. The number of aromatic nitrogens is 3. The molecule has 34 heavy (non-hydrogen) atoms. The maximum Gasteiger partial charge on any atom is 0.416 e. The van der Waals surface area contributed by atoms with Crippen molar-refractivity contribution >= 4 is 22.7 Å². The Morgan fingerprint density at radius 2 is 1.79 bits per heavy atom. The van der Waals surface area contributed by atoms with Gasteiger partial charge in [-0.2, -0.15) is 18.2 Å². The number of benzene rings is 1. The van der Waals surface area contributed by atoms with Crippen LogP contribution in [0.25, 0.3) is 17.0 Å². The van der Waals surface area contributed by atoms with E-state index in [0.29, 0.717) is 11.1 Å². The Labute approximate surface area is 191 Å². The van der Waals surface area contributed by atoms with Crippen LogP contribution in [0, 0.1) is 5.82 Å². The SMILES string of the molecule is N/C(=C(/c1ccncc1)N(N)c1ccccc1F)c1nc(C2=CC=C(C(F)(F)F)C=CC2)no1. The molecule has 0 fully saturated rings. The van der Waals surface area contributed by atoms with Gasteiger partial charge in [0.15, 0.2) is 5.82 Å². The summed E-state index contributed by atoms with van der Waals surface area (Å²) in [5.41, 5.74) is 6.57. The van der Waals surface area contributed by atoms with Crippen LogP contribution in [-0.2, 0) is 0 Å². The molecule has 0 radical (unpaired) electrons. The van der Waals surface area contributed by atoms with E-state index in [1.807, 2.05) is 0 Å². The first-order chi connectivity index (χ1) is 16.3. The molecule has 4 rings (SSSR count). The zero-order valence-electron chi connectivity index (χ0n) is 17.5. The van der Waals surface area contributed by atoms with Crippen LogP contribution in [0.1, 0.15) is 23.7 Å². The first-order valence-corrected chi connectivity index (χ1v) is 9.94. The number of hydrogen-bond donors (Lipinski definition) is 2. The molecule has 1 aromatic carbocycles. The van der Waals surface area contributed by atoms with E-state index in [2.05, 4.69) is 15.1 Å². The van der Waals surface area contributed by atoms with Gasteiger partial charge < -0.3 is 10.3 Å². The number of alkyl halides is 3. The van der Waals surface area contributed by atoms with Gasteiger partial charge in [-0.3, -0.25) is 9.99 Å². The second-order valence-corrected chi connectivity index (χ2v) is 7.16. The fraction of sp³-hybridized carbons (Fsp3) is 0.0870. The summed E-state index contributed by atoms with van der Waals surface area (Å²) in [6.45, 7) is 0. The van der Waals surface area contributed by atoms with Crippen LogP contribution in [-0.4, -0.2) is 21.3 Å². The van der Waals surface area contributed by atoms with Gasteiger partial charge in [0, 0.05) is 23.5 Å². The van der Waals surface area contributed by atoms with Crippen molar-refractivity contribution in [3.8, 4) is 0 Å². The highest BCUT2D eigenvalue weighted by Gasteiger charge is 2.32. The number of nitrogens with zero attached hydrogens (tertiary/aromatic N) is 4. The average molecular weight is 470 g/mol. The molecular formula is C23H18F4N6O. The van der Waals surface area contributed by atoms with Gasteiger partial charge in [0.2, 0.25) is 0 Å². The van der Waals surface area contributed by atoms with Gasteiger partial charge in [-0.1, -0.05) is 35.5 Å². The molecule has 0 saturated carbocycles. The maximum absolute atomic E-state index is 14.4. The minimum absolute atomic E-state index is 0.0402. The van der Waals surface area contributed by atoms with Crippen molar-refractivity contribution in [3.05, 3.63) is 102 Å². The van der Waals surface area contributed by atoms with Crippen molar-refractivity contribution in [2.75, 3.05) is 5.01 Å². The van der Waals surface area contributed by atoms with Gasteiger partial charge in [0.25, 0.3) is 5.89 Å². The van der Waals surface area contributed by atoms with Crippen LogP contribution in [0.5, 0.6) is 0 Å². The topological polar surface area (TPSA) is 107 Å². The number of anilines is 1. The Bertz CT molecular complexity index is 1310. The van der Waals surface area contributed by atoms with E-state index in [9.17, 15) is 17.6 Å². The van der Waals surface area contributed by atoms with Crippen molar-refractivity contribution in [2.24, 2.45) is 11.6 Å². The summed E-state index contributed by atoms with van der Waals surface area (Å²) in [7, 11) is 0. The number of hydrogen-bond acceptors (Lipinski definition) is 7. The van der Waals surface area contributed by atoms with Crippen LogP contribution in [0.4, 0.5) is 23.2 Å². The predicted molar refractivity (Wildman–Crippen MR) is 118 cm³/mol. The minimum Gasteiger partial charge on any atom is -0.392 e. The fourth-order valence-electron chi connectivity index (χ4n) is 3.25. The van der Waals surface area contributed by atoms with E-state index >= 15 is 0 Å². The summed E-state index contributed by atoms with van der Waals surface area (Å²) < 4.78 is 58.7. The molecule has 0 spiro atoms.